The van der Waals surface area contributed by atoms with Crippen LogP contribution in [0.4, 0.5) is 10.9 Å². The Hall–Kier alpha value is -2.05. The van der Waals surface area contributed by atoms with E-state index in [9.17, 15) is 4.79 Å². The number of amides is 1. The highest BCUT2D eigenvalue weighted by Gasteiger charge is 2.19. The largest absolute Gasteiger partial charge is 0.274 e. The van der Waals surface area contributed by atoms with Crippen molar-refractivity contribution >= 4 is 44.1 Å². The summed E-state index contributed by atoms with van der Waals surface area (Å²) in [6.07, 6.45) is 0. The van der Waals surface area contributed by atoms with Gasteiger partial charge >= 0.3 is 0 Å². The number of hydrogen-bond donors (Lipinski definition) is 0. The van der Waals surface area contributed by atoms with Gasteiger partial charge in [0.25, 0.3) is 0 Å². The molecule has 2 aromatic heterocycles. The summed E-state index contributed by atoms with van der Waals surface area (Å²) in [5.41, 5.74) is 2.71. The Morgan fingerprint density at radius 3 is 2.52 bits per heavy atom. The van der Waals surface area contributed by atoms with E-state index < -0.39 is 0 Å². The molecule has 4 nitrogen and oxygen atoms in total. The standard InChI is InChI=1S/C17H14BrN3OS/c1-11-4-3-5-16(19-11)21(12(2)22)17-20-15(10-23-17)13-6-8-14(18)9-7-13/h3-10H,1-2H3. The zero-order valence-corrected chi connectivity index (χ0v) is 15.1. The molecule has 6 heteroatoms. The van der Waals surface area contributed by atoms with Gasteiger partial charge in [-0.1, -0.05) is 34.1 Å². The molecule has 3 rings (SSSR count). The molecule has 0 spiro atoms. The minimum Gasteiger partial charge on any atom is -0.274 e. The van der Waals surface area contributed by atoms with Crippen LogP contribution in [0.25, 0.3) is 11.3 Å². The number of aryl methyl sites for hydroxylation is 1. The third kappa shape index (κ3) is 3.48. The van der Waals surface area contributed by atoms with Gasteiger partial charge in [-0.15, -0.1) is 11.3 Å². The van der Waals surface area contributed by atoms with Crippen LogP contribution in [0.5, 0.6) is 0 Å². The molecule has 0 N–H and O–H groups in total. The molecular weight excluding hydrogens is 374 g/mol. The summed E-state index contributed by atoms with van der Waals surface area (Å²) in [6, 6.07) is 13.5. The summed E-state index contributed by atoms with van der Waals surface area (Å²) < 4.78 is 1.02. The number of anilines is 2. The van der Waals surface area contributed by atoms with Crippen molar-refractivity contribution in [2.75, 3.05) is 4.90 Å². The second kappa shape index (κ2) is 6.60. The van der Waals surface area contributed by atoms with E-state index >= 15 is 0 Å². The van der Waals surface area contributed by atoms with Crippen LogP contribution < -0.4 is 4.90 Å². The third-order valence-corrected chi connectivity index (χ3v) is 4.60. The van der Waals surface area contributed by atoms with Crippen LogP contribution in [-0.4, -0.2) is 15.9 Å². The predicted octanol–water partition coefficient (Wildman–Crippen LogP) is 4.96. The first kappa shape index (κ1) is 15.8. The Bertz CT molecular complexity index is 845. The van der Waals surface area contributed by atoms with Crippen LogP contribution in [0.15, 0.2) is 52.3 Å². The molecule has 0 aliphatic rings. The smallest absolute Gasteiger partial charge is 0.231 e. The highest BCUT2D eigenvalue weighted by atomic mass is 79.9. The van der Waals surface area contributed by atoms with Crippen LogP contribution in [0.3, 0.4) is 0 Å². The molecular formula is C17H14BrN3OS. The van der Waals surface area contributed by atoms with E-state index in [2.05, 4.69) is 25.9 Å². The topological polar surface area (TPSA) is 46.1 Å². The zero-order chi connectivity index (χ0) is 16.4. The highest BCUT2D eigenvalue weighted by molar-refractivity contribution is 9.10. The molecule has 0 saturated heterocycles. The van der Waals surface area contributed by atoms with Gasteiger partial charge in [-0.3, -0.25) is 4.79 Å². The molecule has 0 saturated carbocycles. The number of pyridine rings is 1. The van der Waals surface area contributed by atoms with Crippen molar-refractivity contribution in [2.24, 2.45) is 0 Å². The van der Waals surface area contributed by atoms with Gasteiger partial charge in [0.2, 0.25) is 5.91 Å². The number of aromatic nitrogens is 2. The third-order valence-electron chi connectivity index (χ3n) is 3.24. The molecule has 0 fully saturated rings. The number of halogens is 1. The van der Waals surface area contributed by atoms with Gasteiger partial charge in [0.15, 0.2) is 5.13 Å². The van der Waals surface area contributed by atoms with Crippen LogP contribution in [-0.2, 0) is 4.79 Å². The van der Waals surface area contributed by atoms with Gasteiger partial charge < -0.3 is 0 Å². The van der Waals surface area contributed by atoms with E-state index in [0.717, 1.165) is 21.4 Å². The fraction of sp³-hybridized carbons (Fsp3) is 0.118. The lowest BCUT2D eigenvalue weighted by atomic mass is 10.2. The monoisotopic (exact) mass is 387 g/mol. The van der Waals surface area contributed by atoms with Crippen molar-refractivity contribution in [3.05, 3.63) is 58.0 Å². The summed E-state index contributed by atoms with van der Waals surface area (Å²) in [5, 5.41) is 2.57. The van der Waals surface area contributed by atoms with Gasteiger partial charge in [0.05, 0.1) is 5.69 Å². The van der Waals surface area contributed by atoms with Crippen LogP contribution in [0.2, 0.25) is 0 Å². The summed E-state index contributed by atoms with van der Waals surface area (Å²) >= 11 is 4.85. The lowest BCUT2D eigenvalue weighted by molar-refractivity contribution is -0.115. The number of rotatable bonds is 3. The second-order valence-corrected chi connectivity index (χ2v) is 6.77. The highest BCUT2D eigenvalue weighted by Crippen LogP contribution is 2.32. The minimum absolute atomic E-state index is 0.111. The van der Waals surface area contributed by atoms with Crippen molar-refractivity contribution in [3.63, 3.8) is 0 Å². The Labute approximate surface area is 147 Å². The van der Waals surface area contributed by atoms with Crippen LogP contribution in [0.1, 0.15) is 12.6 Å². The number of nitrogens with zero attached hydrogens (tertiary/aromatic N) is 3. The normalized spacial score (nSPS) is 10.6. The van der Waals surface area contributed by atoms with Gasteiger partial charge in [-0.2, -0.15) is 0 Å². The van der Waals surface area contributed by atoms with Crippen molar-refractivity contribution in [1.29, 1.82) is 0 Å². The fourth-order valence-electron chi connectivity index (χ4n) is 2.17. The minimum atomic E-state index is -0.111. The molecule has 1 aromatic carbocycles. The SMILES string of the molecule is CC(=O)N(c1cccc(C)n1)c1nc(-c2ccc(Br)cc2)cs1. The van der Waals surface area contributed by atoms with Gasteiger partial charge in [0, 0.05) is 28.0 Å². The van der Waals surface area contributed by atoms with Crippen LogP contribution >= 0.6 is 27.3 Å². The number of benzene rings is 1. The summed E-state index contributed by atoms with van der Waals surface area (Å²) in [6.45, 7) is 3.42. The molecule has 3 aromatic rings. The number of carbonyl (C=O) groups excluding carboxylic acids is 1. The van der Waals surface area contributed by atoms with Gasteiger partial charge in [-0.25, -0.2) is 14.9 Å². The molecule has 23 heavy (non-hydrogen) atoms. The molecule has 0 unspecified atom stereocenters. The Kier molecular flexibility index (Phi) is 4.54. The van der Waals surface area contributed by atoms with Gasteiger partial charge in [-0.05, 0) is 31.2 Å². The van der Waals surface area contributed by atoms with Crippen LogP contribution in [0, 0.1) is 6.92 Å². The zero-order valence-electron chi connectivity index (χ0n) is 12.7. The Morgan fingerprint density at radius 2 is 1.87 bits per heavy atom. The number of hydrogen-bond acceptors (Lipinski definition) is 4. The molecule has 0 aliphatic carbocycles. The molecule has 0 bridgehead atoms. The quantitative estimate of drug-likeness (QED) is 0.637. The van der Waals surface area contributed by atoms with Crippen molar-refractivity contribution in [3.8, 4) is 11.3 Å². The molecule has 1 amide bonds. The lowest BCUT2D eigenvalue weighted by Crippen LogP contribution is -2.23. The molecule has 0 radical (unpaired) electrons. The summed E-state index contributed by atoms with van der Waals surface area (Å²) in [4.78, 5) is 22.7. The van der Waals surface area contributed by atoms with Crippen molar-refractivity contribution < 1.29 is 4.79 Å². The van der Waals surface area contributed by atoms with Crippen molar-refractivity contribution in [2.45, 2.75) is 13.8 Å². The average molecular weight is 388 g/mol. The van der Waals surface area contributed by atoms with Crippen molar-refractivity contribution in [1.82, 2.24) is 9.97 Å². The van der Waals surface area contributed by atoms with E-state index in [1.54, 1.807) is 4.90 Å². The maximum atomic E-state index is 12.1. The second-order valence-electron chi connectivity index (χ2n) is 5.01. The average Bonchev–Trinajstić information content (AvgIpc) is 2.97. The van der Waals surface area contributed by atoms with E-state index in [1.165, 1.54) is 18.3 Å². The fourth-order valence-corrected chi connectivity index (χ4v) is 3.32. The van der Waals surface area contributed by atoms with E-state index in [0.29, 0.717) is 10.9 Å². The van der Waals surface area contributed by atoms with E-state index in [4.69, 9.17) is 0 Å². The molecule has 116 valence electrons. The number of carbonyl (C=O) groups is 1. The maximum absolute atomic E-state index is 12.1. The molecule has 0 atom stereocenters. The van der Waals surface area contributed by atoms with Gasteiger partial charge in [0.1, 0.15) is 5.82 Å². The van der Waals surface area contributed by atoms with E-state index in [1.807, 2.05) is 54.8 Å². The first-order valence-electron chi connectivity index (χ1n) is 7.00. The summed E-state index contributed by atoms with van der Waals surface area (Å²) in [7, 11) is 0. The predicted molar refractivity (Wildman–Crippen MR) is 97.0 cm³/mol. The van der Waals surface area contributed by atoms with E-state index in [-0.39, 0.29) is 5.91 Å². The lowest BCUT2D eigenvalue weighted by Gasteiger charge is -2.17. The Morgan fingerprint density at radius 1 is 1.13 bits per heavy atom. The first-order valence-corrected chi connectivity index (χ1v) is 8.67. The summed E-state index contributed by atoms with van der Waals surface area (Å²) in [5.74, 6) is 0.481. The maximum Gasteiger partial charge on any atom is 0.231 e. The molecule has 2 heterocycles. The first-order chi connectivity index (χ1) is 11.0. The number of thiazole rings is 1. The molecule has 0 aliphatic heterocycles. The Balaban J connectivity index is 1.99.